The molecular weight excluding hydrogens is 240 g/mol. The fourth-order valence-corrected chi connectivity index (χ4v) is 3.09. The van der Waals surface area contributed by atoms with Crippen LogP contribution in [0.15, 0.2) is 24.3 Å². The van der Waals surface area contributed by atoms with Crippen LogP contribution in [0, 0.1) is 0 Å². The molecule has 1 aliphatic carbocycles. The summed E-state index contributed by atoms with van der Waals surface area (Å²) in [5.74, 6) is 0. The Morgan fingerprint density at radius 1 is 1.33 bits per heavy atom. The van der Waals surface area contributed by atoms with E-state index < -0.39 is 0 Å². The number of rotatable bonds is 5. The molecule has 0 spiro atoms. The summed E-state index contributed by atoms with van der Waals surface area (Å²) < 4.78 is 0. The Kier molecular flexibility index (Phi) is 4.72. The van der Waals surface area contributed by atoms with Crippen molar-refractivity contribution in [1.29, 1.82) is 0 Å². The molecule has 1 saturated carbocycles. The largest absolute Gasteiger partial charge is 0.389 e. The van der Waals surface area contributed by atoms with Gasteiger partial charge < -0.3 is 5.73 Å². The second-order valence-corrected chi connectivity index (χ2v) is 5.46. The second kappa shape index (κ2) is 6.30. The number of thiocarbonyl (C=S) groups is 1. The molecule has 0 atom stereocenters. The molecule has 1 fully saturated rings. The van der Waals surface area contributed by atoms with E-state index >= 15 is 0 Å². The van der Waals surface area contributed by atoms with Crippen LogP contribution in [-0.2, 0) is 6.54 Å². The summed E-state index contributed by atoms with van der Waals surface area (Å²) >= 11 is 5.13. The topological polar surface area (TPSA) is 29.3 Å². The summed E-state index contributed by atoms with van der Waals surface area (Å²) in [7, 11) is 0. The van der Waals surface area contributed by atoms with Gasteiger partial charge in [0, 0.05) is 18.2 Å². The molecule has 3 heteroatoms. The number of benzene rings is 1. The van der Waals surface area contributed by atoms with Crippen LogP contribution in [0.1, 0.15) is 43.7 Å². The third-order valence-electron chi connectivity index (χ3n) is 3.90. The molecule has 0 heterocycles. The first-order valence-corrected chi connectivity index (χ1v) is 7.25. The van der Waals surface area contributed by atoms with Crippen LogP contribution in [0.3, 0.4) is 0 Å². The van der Waals surface area contributed by atoms with Crippen molar-refractivity contribution < 1.29 is 0 Å². The van der Waals surface area contributed by atoms with Gasteiger partial charge in [-0.15, -0.1) is 0 Å². The van der Waals surface area contributed by atoms with Crippen molar-refractivity contribution in [2.24, 2.45) is 5.73 Å². The van der Waals surface area contributed by atoms with Gasteiger partial charge in [-0.05, 0) is 24.9 Å². The van der Waals surface area contributed by atoms with E-state index in [9.17, 15) is 0 Å². The van der Waals surface area contributed by atoms with Crippen molar-refractivity contribution >= 4 is 17.2 Å². The van der Waals surface area contributed by atoms with Crippen LogP contribution in [0.5, 0.6) is 0 Å². The van der Waals surface area contributed by atoms with Crippen LogP contribution in [0.2, 0.25) is 0 Å². The lowest BCUT2D eigenvalue weighted by Crippen LogP contribution is -2.33. The average Bonchev–Trinajstić information content (AvgIpc) is 2.90. The third kappa shape index (κ3) is 3.09. The summed E-state index contributed by atoms with van der Waals surface area (Å²) in [6, 6.07) is 8.99. The van der Waals surface area contributed by atoms with E-state index in [4.69, 9.17) is 18.0 Å². The van der Waals surface area contributed by atoms with Gasteiger partial charge in [0.1, 0.15) is 4.99 Å². The molecule has 1 aromatic carbocycles. The van der Waals surface area contributed by atoms with Gasteiger partial charge in [0.15, 0.2) is 0 Å². The fourth-order valence-electron chi connectivity index (χ4n) is 2.89. The maximum absolute atomic E-state index is 5.80. The monoisotopic (exact) mass is 262 g/mol. The van der Waals surface area contributed by atoms with Gasteiger partial charge in [-0.25, -0.2) is 0 Å². The normalized spacial score (nSPS) is 16.3. The van der Waals surface area contributed by atoms with E-state index in [0.29, 0.717) is 4.99 Å². The number of nitrogens with zero attached hydrogens (tertiary/aromatic N) is 1. The summed E-state index contributed by atoms with van der Waals surface area (Å²) in [5, 5.41) is 0. The molecule has 18 heavy (non-hydrogen) atoms. The molecule has 2 rings (SSSR count). The molecule has 0 bridgehead atoms. The van der Waals surface area contributed by atoms with E-state index in [1.54, 1.807) is 0 Å². The molecule has 0 radical (unpaired) electrons. The summed E-state index contributed by atoms with van der Waals surface area (Å²) in [4.78, 5) is 3.07. The average molecular weight is 262 g/mol. The Bertz CT molecular complexity index is 411. The summed E-state index contributed by atoms with van der Waals surface area (Å²) in [6.45, 7) is 4.30. The predicted octanol–water partition coefficient (Wildman–Crippen LogP) is 3.09. The van der Waals surface area contributed by atoms with Gasteiger partial charge in [-0.1, -0.05) is 56.2 Å². The molecule has 0 amide bonds. The lowest BCUT2D eigenvalue weighted by molar-refractivity contribution is 0.200. The van der Waals surface area contributed by atoms with Crippen molar-refractivity contribution in [2.75, 3.05) is 6.54 Å². The minimum atomic E-state index is 0.507. The molecule has 0 unspecified atom stereocenters. The molecule has 98 valence electrons. The van der Waals surface area contributed by atoms with Crippen LogP contribution in [0.4, 0.5) is 0 Å². The molecule has 2 N–H and O–H groups in total. The number of hydrogen-bond donors (Lipinski definition) is 1. The zero-order valence-electron chi connectivity index (χ0n) is 11.1. The van der Waals surface area contributed by atoms with Gasteiger partial charge >= 0.3 is 0 Å². The smallest absolute Gasteiger partial charge is 0.104 e. The highest BCUT2D eigenvalue weighted by Gasteiger charge is 2.22. The minimum absolute atomic E-state index is 0.507. The molecule has 0 saturated heterocycles. The minimum Gasteiger partial charge on any atom is -0.389 e. The highest BCUT2D eigenvalue weighted by Crippen LogP contribution is 2.25. The Hall–Kier alpha value is -0.930. The Labute approximate surface area is 115 Å². The molecule has 1 aromatic rings. The SMILES string of the molecule is CCN(Cc1ccccc1C(N)=S)C1CCCC1. The van der Waals surface area contributed by atoms with Crippen molar-refractivity contribution in [1.82, 2.24) is 4.90 Å². The second-order valence-electron chi connectivity index (χ2n) is 5.02. The quantitative estimate of drug-likeness (QED) is 0.827. The lowest BCUT2D eigenvalue weighted by Gasteiger charge is -2.28. The maximum atomic E-state index is 5.80. The first-order chi connectivity index (χ1) is 8.72. The first-order valence-electron chi connectivity index (χ1n) is 6.84. The number of nitrogens with two attached hydrogens (primary N) is 1. The third-order valence-corrected chi connectivity index (χ3v) is 4.12. The van der Waals surface area contributed by atoms with Crippen molar-refractivity contribution in [3.63, 3.8) is 0 Å². The van der Waals surface area contributed by atoms with Crippen LogP contribution < -0.4 is 5.73 Å². The lowest BCUT2D eigenvalue weighted by atomic mass is 10.1. The van der Waals surface area contributed by atoms with Gasteiger partial charge in [-0.2, -0.15) is 0 Å². The van der Waals surface area contributed by atoms with E-state index in [0.717, 1.165) is 24.7 Å². The molecule has 1 aliphatic rings. The molecular formula is C15H22N2S. The van der Waals surface area contributed by atoms with E-state index in [1.165, 1.54) is 31.2 Å². The van der Waals surface area contributed by atoms with E-state index in [2.05, 4.69) is 24.0 Å². The molecule has 0 aliphatic heterocycles. The Morgan fingerprint density at radius 3 is 2.61 bits per heavy atom. The van der Waals surface area contributed by atoms with Crippen molar-refractivity contribution in [2.45, 2.75) is 45.2 Å². The highest BCUT2D eigenvalue weighted by atomic mass is 32.1. The summed E-state index contributed by atoms with van der Waals surface area (Å²) in [5.41, 5.74) is 8.09. The van der Waals surface area contributed by atoms with Gasteiger partial charge in [-0.3, -0.25) is 4.90 Å². The predicted molar refractivity (Wildman–Crippen MR) is 80.7 cm³/mol. The van der Waals surface area contributed by atoms with Gasteiger partial charge in [0.2, 0.25) is 0 Å². The van der Waals surface area contributed by atoms with Gasteiger partial charge in [0.25, 0.3) is 0 Å². The van der Waals surface area contributed by atoms with E-state index in [-0.39, 0.29) is 0 Å². The van der Waals surface area contributed by atoms with Crippen molar-refractivity contribution in [3.05, 3.63) is 35.4 Å². The van der Waals surface area contributed by atoms with E-state index in [1.807, 2.05) is 12.1 Å². The van der Waals surface area contributed by atoms with Crippen LogP contribution in [-0.4, -0.2) is 22.5 Å². The number of hydrogen-bond acceptors (Lipinski definition) is 2. The van der Waals surface area contributed by atoms with Crippen molar-refractivity contribution in [3.8, 4) is 0 Å². The highest BCUT2D eigenvalue weighted by molar-refractivity contribution is 7.80. The van der Waals surface area contributed by atoms with Crippen LogP contribution in [0.25, 0.3) is 0 Å². The summed E-state index contributed by atoms with van der Waals surface area (Å²) in [6.07, 6.45) is 5.42. The Morgan fingerprint density at radius 2 is 2.00 bits per heavy atom. The molecule has 0 aromatic heterocycles. The maximum Gasteiger partial charge on any atom is 0.104 e. The van der Waals surface area contributed by atoms with Gasteiger partial charge in [0.05, 0.1) is 0 Å². The standard InChI is InChI=1S/C15H22N2S/c1-2-17(13-8-4-5-9-13)11-12-7-3-6-10-14(12)15(16)18/h3,6-7,10,13H,2,4-5,8-9,11H2,1H3,(H2,16,18). The zero-order valence-corrected chi connectivity index (χ0v) is 11.9. The zero-order chi connectivity index (χ0) is 13.0. The first kappa shape index (κ1) is 13.5. The fraction of sp³-hybridized carbons (Fsp3) is 0.533. The molecule has 2 nitrogen and oxygen atoms in total. The Balaban J connectivity index is 2.13. The van der Waals surface area contributed by atoms with Crippen LogP contribution >= 0.6 is 12.2 Å².